The van der Waals surface area contributed by atoms with Crippen LogP contribution >= 0.6 is 0 Å². The summed E-state index contributed by atoms with van der Waals surface area (Å²) in [5, 5.41) is 13.8. The zero-order valence-electron chi connectivity index (χ0n) is 22.4. The van der Waals surface area contributed by atoms with Gasteiger partial charge in [-0.1, -0.05) is 13.8 Å². The fourth-order valence-corrected chi connectivity index (χ4v) is 5.55. The first-order valence-corrected chi connectivity index (χ1v) is 12.7. The molecule has 0 N–H and O–H groups in total. The number of ether oxygens (including phenoxy) is 2. The van der Waals surface area contributed by atoms with Crippen LogP contribution in [0.3, 0.4) is 0 Å². The number of nitrogens with zero attached hydrogens (tertiary/aromatic N) is 6. The van der Waals surface area contributed by atoms with Crippen molar-refractivity contribution in [2.24, 2.45) is 7.05 Å². The highest BCUT2D eigenvalue weighted by Gasteiger charge is 2.38. The molecule has 0 spiro atoms. The normalized spacial score (nSPS) is 19.1. The van der Waals surface area contributed by atoms with Crippen LogP contribution < -0.4 is 19.9 Å². The minimum atomic E-state index is -0.404. The standard InChI is InChI=1S/C27H35FN6O3/c1-7-19-15-34(21-13-25(35)31(4)22-16-32(10-9-29)30-27(21)22)20(8-2)14-33(19)17(3)26-23(36-5)11-18(28)12-24(26)37-6/h11-13,16-17,19-20H,7-8,10,14-15H2,1-6H3/t17?,19-,20+/m1/s1. The summed E-state index contributed by atoms with van der Waals surface area (Å²) < 4.78 is 28.5. The zero-order chi connectivity index (χ0) is 26.9. The summed E-state index contributed by atoms with van der Waals surface area (Å²) in [4.78, 5) is 17.6. The highest BCUT2D eigenvalue weighted by molar-refractivity contribution is 5.88. The Morgan fingerprint density at radius 1 is 1.14 bits per heavy atom. The number of rotatable bonds is 8. The molecule has 9 nitrogen and oxygen atoms in total. The summed E-state index contributed by atoms with van der Waals surface area (Å²) in [6, 6.07) is 6.75. The first-order chi connectivity index (χ1) is 17.8. The molecule has 1 aliphatic heterocycles. The molecule has 1 saturated heterocycles. The number of aromatic nitrogens is 3. The molecular formula is C27H35FN6O3. The molecule has 0 amide bonds. The maximum atomic E-state index is 14.2. The Labute approximate surface area is 216 Å². The first-order valence-electron chi connectivity index (χ1n) is 12.7. The van der Waals surface area contributed by atoms with Gasteiger partial charge in [0, 0.05) is 56.5 Å². The van der Waals surface area contributed by atoms with Crippen LogP contribution in [-0.2, 0) is 13.6 Å². The van der Waals surface area contributed by atoms with Crippen molar-refractivity contribution in [3.63, 3.8) is 0 Å². The molecule has 1 unspecified atom stereocenters. The van der Waals surface area contributed by atoms with Gasteiger partial charge in [0.05, 0.1) is 43.3 Å². The van der Waals surface area contributed by atoms with Crippen molar-refractivity contribution in [1.82, 2.24) is 19.2 Å². The van der Waals surface area contributed by atoms with Crippen LogP contribution in [0, 0.1) is 17.1 Å². The van der Waals surface area contributed by atoms with Gasteiger partial charge in [0.1, 0.15) is 29.4 Å². The van der Waals surface area contributed by atoms with Gasteiger partial charge < -0.3 is 18.9 Å². The van der Waals surface area contributed by atoms with Crippen LogP contribution in [0.4, 0.5) is 10.1 Å². The van der Waals surface area contributed by atoms with Crippen LogP contribution in [-0.4, -0.2) is 58.6 Å². The molecule has 37 heavy (non-hydrogen) atoms. The molecule has 3 heterocycles. The summed E-state index contributed by atoms with van der Waals surface area (Å²) in [5.41, 5.74) is 2.92. The van der Waals surface area contributed by atoms with Crippen LogP contribution in [0.5, 0.6) is 11.5 Å². The van der Waals surface area contributed by atoms with Crippen molar-refractivity contribution in [2.45, 2.75) is 58.3 Å². The largest absolute Gasteiger partial charge is 0.496 e. The molecule has 3 atom stereocenters. The average Bonchev–Trinajstić information content (AvgIpc) is 3.33. The second kappa shape index (κ2) is 10.8. The van der Waals surface area contributed by atoms with E-state index in [0.717, 1.165) is 30.6 Å². The van der Waals surface area contributed by atoms with E-state index in [9.17, 15) is 9.18 Å². The van der Waals surface area contributed by atoms with E-state index in [-0.39, 0.29) is 30.2 Å². The molecule has 10 heteroatoms. The van der Waals surface area contributed by atoms with E-state index >= 15 is 0 Å². The Balaban J connectivity index is 1.76. The van der Waals surface area contributed by atoms with Crippen molar-refractivity contribution in [1.29, 1.82) is 5.26 Å². The number of anilines is 1. The number of halogens is 1. The maximum absolute atomic E-state index is 14.2. The van der Waals surface area contributed by atoms with Crippen molar-refractivity contribution >= 4 is 16.7 Å². The SMILES string of the molecule is CC[C@H]1CN(C(C)c2c(OC)cc(F)cc2OC)[C@H](CC)CN1c1cc(=O)n(C)c2cn(CC#N)nc12. The Bertz CT molecular complexity index is 1350. The van der Waals surface area contributed by atoms with Gasteiger partial charge >= 0.3 is 0 Å². The van der Waals surface area contributed by atoms with Gasteiger partial charge in [-0.2, -0.15) is 10.4 Å². The molecule has 3 aromatic rings. The minimum absolute atomic E-state index is 0.0925. The summed E-state index contributed by atoms with van der Waals surface area (Å²) in [5.74, 6) is 0.524. The fourth-order valence-electron chi connectivity index (χ4n) is 5.55. The van der Waals surface area contributed by atoms with E-state index in [2.05, 4.69) is 41.7 Å². The van der Waals surface area contributed by atoms with Gasteiger partial charge in [0.2, 0.25) is 0 Å². The molecule has 198 valence electrons. The highest BCUT2D eigenvalue weighted by Crippen LogP contribution is 2.41. The van der Waals surface area contributed by atoms with Crippen LogP contribution in [0.2, 0.25) is 0 Å². The van der Waals surface area contributed by atoms with Crippen LogP contribution in [0.1, 0.15) is 45.2 Å². The topological polar surface area (TPSA) is 88.5 Å². The Morgan fingerprint density at radius 3 is 2.35 bits per heavy atom. The van der Waals surface area contributed by atoms with Crippen molar-refractivity contribution in [3.05, 3.63) is 46.1 Å². The number of pyridine rings is 1. The number of benzene rings is 1. The first kappa shape index (κ1) is 26.5. The van der Waals surface area contributed by atoms with Gasteiger partial charge in [-0.05, 0) is 19.8 Å². The predicted octanol–water partition coefficient (Wildman–Crippen LogP) is 3.86. The number of aryl methyl sites for hydroxylation is 1. The second-order valence-corrected chi connectivity index (χ2v) is 9.52. The van der Waals surface area contributed by atoms with E-state index in [0.29, 0.717) is 29.1 Å². The number of nitriles is 1. The molecule has 0 radical (unpaired) electrons. The molecule has 4 rings (SSSR count). The second-order valence-electron chi connectivity index (χ2n) is 9.52. The lowest BCUT2D eigenvalue weighted by Gasteiger charge is -2.49. The smallest absolute Gasteiger partial charge is 0.252 e. The fraction of sp³-hybridized carbons (Fsp3) is 0.519. The van der Waals surface area contributed by atoms with Gasteiger partial charge in [0.25, 0.3) is 5.56 Å². The van der Waals surface area contributed by atoms with Gasteiger partial charge in [-0.15, -0.1) is 0 Å². The van der Waals surface area contributed by atoms with E-state index < -0.39 is 5.82 Å². The maximum Gasteiger partial charge on any atom is 0.252 e. The molecule has 1 fully saturated rings. The quantitative estimate of drug-likeness (QED) is 0.455. The minimum Gasteiger partial charge on any atom is -0.496 e. The van der Waals surface area contributed by atoms with Crippen LogP contribution in [0.15, 0.2) is 29.2 Å². The van der Waals surface area contributed by atoms with E-state index in [4.69, 9.17) is 14.7 Å². The summed E-state index contributed by atoms with van der Waals surface area (Å²) >= 11 is 0. The Hall–Kier alpha value is -3.58. The molecular weight excluding hydrogens is 475 g/mol. The van der Waals surface area contributed by atoms with Gasteiger partial charge in [0.15, 0.2) is 0 Å². The van der Waals surface area contributed by atoms with E-state index in [1.165, 1.54) is 12.1 Å². The third kappa shape index (κ3) is 4.76. The Kier molecular flexibility index (Phi) is 7.73. The molecule has 0 saturated carbocycles. The molecule has 0 bridgehead atoms. The molecule has 1 aliphatic rings. The molecule has 1 aromatic carbocycles. The zero-order valence-corrected chi connectivity index (χ0v) is 22.4. The lowest BCUT2D eigenvalue weighted by molar-refractivity contribution is 0.0982. The average molecular weight is 511 g/mol. The lowest BCUT2D eigenvalue weighted by atomic mass is 9.95. The monoisotopic (exact) mass is 510 g/mol. The number of hydrogen-bond acceptors (Lipinski definition) is 7. The third-order valence-corrected chi connectivity index (χ3v) is 7.58. The van der Waals surface area contributed by atoms with Crippen molar-refractivity contribution in [3.8, 4) is 17.6 Å². The van der Waals surface area contributed by atoms with Crippen molar-refractivity contribution < 1.29 is 13.9 Å². The summed E-state index contributed by atoms with van der Waals surface area (Å²) in [6.07, 6.45) is 3.49. The van der Waals surface area contributed by atoms with E-state index in [1.54, 1.807) is 42.8 Å². The highest BCUT2D eigenvalue weighted by atomic mass is 19.1. The summed E-state index contributed by atoms with van der Waals surface area (Å²) in [7, 11) is 4.81. The summed E-state index contributed by atoms with van der Waals surface area (Å²) in [6.45, 7) is 7.93. The van der Waals surface area contributed by atoms with Gasteiger partial charge in [-0.3, -0.25) is 14.4 Å². The number of piperazine rings is 1. The predicted molar refractivity (Wildman–Crippen MR) is 141 cm³/mol. The number of hydrogen-bond donors (Lipinski definition) is 0. The Morgan fingerprint density at radius 2 is 1.78 bits per heavy atom. The number of methoxy groups -OCH3 is 2. The molecule has 2 aromatic heterocycles. The van der Waals surface area contributed by atoms with Crippen LogP contribution in [0.25, 0.3) is 11.0 Å². The lowest BCUT2D eigenvalue weighted by Crippen LogP contribution is -2.58. The van der Waals surface area contributed by atoms with E-state index in [1.807, 2.05) is 0 Å². The van der Waals surface area contributed by atoms with Crippen molar-refractivity contribution in [2.75, 3.05) is 32.2 Å². The molecule has 0 aliphatic carbocycles. The van der Waals surface area contributed by atoms with Gasteiger partial charge in [-0.25, -0.2) is 4.39 Å². The third-order valence-electron chi connectivity index (χ3n) is 7.58. The number of fused-ring (bicyclic) bond motifs is 1.